The number of methoxy groups -OCH3 is 3. The SMILES string of the molecule is CCCCCCCCCCCCCC(CC(=O)O[C@H]1CN(C)C(C(OC2OC(CN)[C@@H](O)[C@H]2O)C2OC(C3N=CC(=O)NC3=O)[C@H](OS(=O)(=O)O)[C@@H]2O)C(=O)N(C)[C@@H]1C(=O)O)OC(=O)CC(C)CC(=O)O[C@@H]1OC(C)C(OC)[C@@H](OC)[C@H]1OC. The zero-order valence-corrected chi connectivity index (χ0v) is 49.7. The molecule has 0 aromatic heterocycles. The second kappa shape index (κ2) is 33.1. The normalized spacial score (nSPS) is 33.3. The molecule has 4 fully saturated rings. The molecule has 0 aromatic rings. The highest BCUT2D eigenvalue weighted by molar-refractivity contribution is 7.80. The van der Waals surface area contributed by atoms with Crippen LogP contribution in [-0.2, 0) is 95.5 Å². The second-order valence-corrected chi connectivity index (χ2v) is 23.1. The van der Waals surface area contributed by atoms with Gasteiger partial charge in [0.05, 0.1) is 18.7 Å². The third kappa shape index (κ3) is 19.0. The third-order valence-corrected chi connectivity index (χ3v) is 16.2. The predicted molar refractivity (Wildman–Crippen MR) is 288 cm³/mol. The number of carbonyl (C=O) groups excluding carboxylic acids is 6. The van der Waals surface area contributed by atoms with Crippen LogP contribution in [0.1, 0.15) is 117 Å². The summed E-state index contributed by atoms with van der Waals surface area (Å²) in [4.78, 5) is 99.8. The van der Waals surface area contributed by atoms with E-state index in [-0.39, 0.29) is 25.8 Å². The van der Waals surface area contributed by atoms with E-state index < -0.39 is 187 Å². The van der Waals surface area contributed by atoms with Crippen LogP contribution >= 0.6 is 0 Å². The largest absolute Gasteiger partial charge is 0.480 e. The molecule has 4 saturated heterocycles. The average molecular weight is 1230 g/mol. The summed E-state index contributed by atoms with van der Waals surface area (Å²) in [5.74, 6) is -8.06. The Morgan fingerprint density at radius 3 is 1.94 bits per heavy atom. The molecule has 30 nitrogen and oxygen atoms in total. The van der Waals surface area contributed by atoms with Crippen molar-refractivity contribution in [2.24, 2.45) is 16.6 Å². The molecule has 11 unspecified atom stereocenters. The lowest BCUT2D eigenvalue weighted by Crippen LogP contribution is -2.59. The molecular formula is C53H87N5O25S. The molecule has 480 valence electrons. The van der Waals surface area contributed by atoms with Gasteiger partial charge >= 0.3 is 34.3 Å². The molecule has 0 aliphatic carbocycles. The highest BCUT2D eigenvalue weighted by Gasteiger charge is 2.60. The van der Waals surface area contributed by atoms with Crippen molar-refractivity contribution < 1.29 is 119 Å². The molecule has 84 heavy (non-hydrogen) atoms. The van der Waals surface area contributed by atoms with E-state index in [1.165, 1.54) is 47.6 Å². The van der Waals surface area contributed by atoms with Crippen LogP contribution in [0, 0.1) is 5.92 Å². The van der Waals surface area contributed by atoms with Crippen molar-refractivity contribution >= 4 is 58.2 Å². The van der Waals surface area contributed by atoms with E-state index in [1.54, 1.807) is 13.8 Å². The fourth-order valence-electron chi connectivity index (χ4n) is 11.4. The lowest BCUT2D eigenvalue weighted by Gasteiger charge is -2.43. The van der Waals surface area contributed by atoms with Crippen LogP contribution in [0.4, 0.5) is 0 Å². The number of hydrogen-bond acceptors (Lipinski definition) is 26. The second-order valence-electron chi connectivity index (χ2n) is 22.1. The molecular weight excluding hydrogens is 1140 g/mol. The first kappa shape index (κ1) is 70.3. The maximum absolute atomic E-state index is 14.8. The van der Waals surface area contributed by atoms with Crippen LogP contribution in [0.15, 0.2) is 4.99 Å². The number of imide groups is 1. The van der Waals surface area contributed by atoms with Gasteiger partial charge in [0.2, 0.25) is 12.2 Å². The van der Waals surface area contributed by atoms with E-state index in [2.05, 4.69) is 11.9 Å². The smallest absolute Gasteiger partial charge is 0.397 e. The number of aliphatic hydroxyl groups excluding tert-OH is 3. The zero-order chi connectivity index (χ0) is 62.2. The molecule has 31 heteroatoms. The number of nitrogens with two attached hydrogens (primary N) is 1. The van der Waals surface area contributed by atoms with Gasteiger partial charge in [0.1, 0.15) is 85.4 Å². The van der Waals surface area contributed by atoms with Gasteiger partial charge in [-0.3, -0.25) is 48.5 Å². The first-order valence-corrected chi connectivity index (χ1v) is 29.9. The molecule has 0 saturated carbocycles. The van der Waals surface area contributed by atoms with E-state index in [4.69, 9.17) is 57.3 Å². The van der Waals surface area contributed by atoms with Crippen LogP contribution in [0.3, 0.4) is 0 Å². The van der Waals surface area contributed by atoms with Gasteiger partial charge < -0.3 is 78.4 Å². The molecule has 8 N–H and O–H groups in total. The summed E-state index contributed by atoms with van der Waals surface area (Å²) in [5.41, 5.74) is 5.74. The summed E-state index contributed by atoms with van der Waals surface area (Å²) >= 11 is 0. The fraction of sp³-hybridized carbons (Fsp3) is 0.849. The zero-order valence-electron chi connectivity index (χ0n) is 48.9. The molecule has 0 spiro atoms. The number of unbranched alkanes of at least 4 members (excludes halogenated alkanes) is 10. The number of rotatable bonds is 33. The van der Waals surface area contributed by atoms with Crippen LogP contribution < -0.4 is 11.1 Å². The highest BCUT2D eigenvalue weighted by atomic mass is 32.3. The van der Waals surface area contributed by atoms with Crippen LogP contribution in [0.2, 0.25) is 0 Å². The number of carbonyl (C=O) groups is 7. The van der Waals surface area contributed by atoms with Gasteiger partial charge in [-0.05, 0) is 32.7 Å². The Morgan fingerprint density at radius 2 is 1.38 bits per heavy atom. The molecule has 0 aromatic carbocycles. The van der Waals surface area contributed by atoms with Gasteiger partial charge in [-0.15, -0.1) is 0 Å². The molecule has 5 rings (SSSR count). The molecule has 5 aliphatic heterocycles. The van der Waals surface area contributed by atoms with Gasteiger partial charge in [0.25, 0.3) is 11.8 Å². The maximum atomic E-state index is 14.8. The summed E-state index contributed by atoms with van der Waals surface area (Å²) in [5, 5.41) is 46.3. The Kier molecular flexibility index (Phi) is 27.7. The minimum atomic E-state index is -5.49. The van der Waals surface area contributed by atoms with Crippen molar-refractivity contribution in [3.05, 3.63) is 0 Å². The number of aliphatic hydroxyl groups is 3. The topological polar surface area (TPSA) is 413 Å². The van der Waals surface area contributed by atoms with Crippen molar-refractivity contribution in [3.8, 4) is 0 Å². The van der Waals surface area contributed by atoms with Gasteiger partial charge in [0.15, 0.2) is 18.4 Å². The molecule has 0 radical (unpaired) electrons. The van der Waals surface area contributed by atoms with E-state index in [1.807, 2.05) is 5.32 Å². The number of ether oxygens (including phenoxy) is 10. The summed E-state index contributed by atoms with van der Waals surface area (Å²) in [6.45, 7) is 4.54. The monoisotopic (exact) mass is 1230 g/mol. The minimum absolute atomic E-state index is 0.186. The summed E-state index contributed by atoms with van der Waals surface area (Å²) in [6, 6.07) is -5.67. The number of likely N-dealkylation sites (N-methyl/N-ethyl adjacent to an activating group) is 2. The number of aliphatic carboxylic acids is 1. The number of amides is 3. The number of esters is 3. The van der Waals surface area contributed by atoms with E-state index in [0.717, 1.165) is 56.9 Å². The quantitative estimate of drug-likeness (QED) is 0.0137. The molecule has 5 aliphatic rings. The lowest BCUT2D eigenvalue weighted by molar-refractivity contribution is -0.297. The Bertz CT molecular complexity index is 2340. The standard InChI is InChI=1S/C53H87N5O25S/c1-9-10-11-12-13-14-15-16-17-18-19-20-29(77-33(60)21-27(2)22-34(61)80-53-48(75-8)47(74-7)42(73-6)28(3)76-53)23-35(62)78-31-26-57(4)38(50(67)58(5)37(31)51(68)69)44(82-52-40(64)39(63)30(24-54)79-52)45-41(65)46(83-84(70,71)72)43(81-45)36-49(66)56-32(59)25-55-36/h25,27-31,36-48,52-53,63-65H,9-24,26,54H2,1-8H3,(H,68,69)(H,56,59,66)(H,70,71,72)/t27?,28?,29?,30?,31-,36?,37-,38?,39+,40+,41+,42?,43?,44?,45?,46+,47+,48+,52?,53-/m0/s1. The Labute approximate surface area is 488 Å². The number of aliphatic imine (C=N–C) groups is 1. The fourth-order valence-corrected chi connectivity index (χ4v) is 11.9. The van der Waals surface area contributed by atoms with Crippen molar-refractivity contribution in [1.82, 2.24) is 15.1 Å². The van der Waals surface area contributed by atoms with Gasteiger partial charge in [-0.25, -0.2) is 8.98 Å². The predicted octanol–water partition coefficient (Wildman–Crippen LogP) is -0.921. The highest BCUT2D eigenvalue weighted by Crippen LogP contribution is 2.37. The number of nitrogens with one attached hydrogen (secondary N) is 1. The minimum Gasteiger partial charge on any atom is -0.480 e. The molecule has 3 amide bonds. The Morgan fingerprint density at radius 1 is 0.786 bits per heavy atom. The Balaban J connectivity index is 1.36. The van der Waals surface area contributed by atoms with E-state index >= 15 is 0 Å². The van der Waals surface area contributed by atoms with Crippen molar-refractivity contribution in [1.29, 1.82) is 0 Å². The van der Waals surface area contributed by atoms with Gasteiger partial charge in [-0.1, -0.05) is 78.1 Å². The average Bonchev–Trinajstić information content (AvgIpc) is 3.03. The first-order chi connectivity index (χ1) is 39.8. The van der Waals surface area contributed by atoms with Crippen molar-refractivity contribution in [2.75, 3.05) is 48.5 Å². The molecule has 20 atom stereocenters. The van der Waals surface area contributed by atoms with Crippen LogP contribution in [-0.4, -0.2) is 256 Å². The number of hydrogen-bond donors (Lipinski definition) is 7. The van der Waals surface area contributed by atoms with Crippen LogP contribution in [0.5, 0.6) is 0 Å². The van der Waals surface area contributed by atoms with Crippen molar-refractivity contribution in [2.45, 2.75) is 233 Å². The van der Waals surface area contributed by atoms with E-state index in [9.17, 15) is 67.0 Å². The maximum Gasteiger partial charge on any atom is 0.397 e. The van der Waals surface area contributed by atoms with Gasteiger partial charge in [0, 0.05) is 54.3 Å². The summed E-state index contributed by atoms with van der Waals surface area (Å²) in [6.07, 6.45) is -13.0. The summed E-state index contributed by atoms with van der Waals surface area (Å²) in [7, 11) is 1.18. The van der Waals surface area contributed by atoms with Crippen LogP contribution in [0.25, 0.3) is 0 Å². The van der Waals surface area contributed by atoms with E-state index in [0.29, 0.717) is 17.5 Å². The van der Waals surface area contributed by atoms with Gasteiger partial charge in [-0.2, -0.15) is 8.42 Å². The molecule has 5 heterocycles. The molecule has 0 bridgehead atoms. The number of nitrogens with zero attached hydrogens (tertiary/aromatic N) is 3. The first-order valence-electron chi connectivity index (χ1n) is 28.6. The number of carboxylic acid groups (broad SMARTS) is 1. The third-order valence-electron chi connectivity index (χ3n) is 15.7. The summed E-state index contributed by atoms with van der Waals surface area (Å²) < 4.78 is 96.9. The van der Waals surface area contributed by atoms with Crippen molar-refractivity contribution in [3.63, 3.8) is 0 Å². The lowest BCUT2D eigenvalue weighted by atomic mass is 9.95. The Hall–Kier alpha value is -4.45. The number of carboxylic acids is 1.